The molecule has 0 radical (unpaired) electrons. The highest BCUT2D eigenvalue weighted by Gasteiger charge is 2.34. The van der Waals surface area contributed by atoms with Gasteiger partial charge in [-0.3, -0.25) is 14.4 Å². The third kappa shape index (κ3) is 4.69. The Morgan fingerprint density at radius 2 is 1.96 bits per heavy atom. The third-order valence-electron chi connectivity index (χ3n) is 4.39. The van der Waals surface area contributed by atoms with Crippen LogP contribution in [0.1, 0.15) is 12.0 Å². The minimum Gasteiger partial charge on any atom is -0.484 e. The molecule has 1 aliphatic heterocycles. The molecule has 28 heavy (non-hydrogen) atoms. The molecule has 0 aromatic heterocycles. The number of aryl methyl sites for hydroxylation is 1. The topological polar surface area (TPSA) is 95.9 Å². The number of benzene rings is 2. The van der Waals surface area contributed by atoms with E-state index in [0.29, 0.717) is 17.1 Å². The highest BCUT2D eigenvalue weighted by molar-refractivity contribution is 9.10. The van der Waals surface area contributed by atoms with Gasteiger partial charge in [0.25, 0.3) is 5.91 Å². The highest BCUT2D eigenvalue weighted by Crippen LogP contribution is 2.27. The van der Waals surface area contributed by atoms with Crippen molar-refractivity contribution in [1.82, 2.24) is 0 Å². The summed E-state index contributed by atoms with van der Waals surface area (Å²) in [5.74, 6) is -1.70. The van der Waals surface area contributed by atoms with E-state index in [1.165, 1.54) is 4.90 Å². The standard InChI is InChI=1S/C20H19BrN2O5/c1-12-2-7-17(16(21)8-12)22-18(24)11-28-15-5-3-14(4-6-15)23-10-13(20(26)27)9-19(23)25/h2-8,13H,9-11H2,1H3,(H,22,24)(H,26,27)/t13-/m0/s1. The van der Waals surface area contributed by atoms with Gasteiger partial charge in [-0.2, -0.15) is 0 Å². The second-order valence-electron chi connectivity index (χ2n) is 6.56. The second-order valence-corrected chi connectivity index (χ2v) is 7.41. The van der Waals surface area contributed by atoms with Crippen molar-refractivity contribution in [2.45, 2.75) is 13.3 Å². The molecule has 2 aromatic rings. The van der Waals surface area contributed by atoms with Gasteiger partial charge < -0.3 is 20.1 Å². The molecule has 1 heterocycles. The molecule has 2 amide bonds. The van der Waals surface area contributed by atoms with Crippen molar-refractivity contribution in [3.8, 4) is 5.75 Å². The van der Waals surface area contributed by atoms with Gasteiger partial charge in [-0.1, -0.05) is 6.07 Å². The van der Waals surface area contributed by atoms with Crippen LogP contribution in [0.15, 0.2) is 46.9 Å². The summed E-state index contributed by atoms with van der Waals surface area (Å²) in [5, 5.41) is 11.8. The van der Waals surface area contributed by atoms with Crippen molar-refractivity contribution in [3.63, 3.8) is 0 Å². The molecule has 0 saturated carbocycles. The first kappa shape index (κ1) is 19.9. The molecule has 8 heteroatoms. The van der Waals surface area contributed by atoms with Crippen molar-refractivity contribution in [2.75, 3.05) is 23.4 Å². The predicted molar refractivity (Wildman–Crippen MR) is 108 cm³/mol. The van der Waals surface area contributed by atoms with E-state index in [1.807, 2.05) is 25.1 Å². The van der Waals surface area contributed by atoms with Gasteiger partial charge >= 0.3 is 5.97 Å². The van der Waals surface area contributed by atoms with E-state index in [9.17, 15) is 14.4 Å². The van der Waals surface area contributed by atoms with Gasteiger partial charge in [0.1, 0.15) is 5.75 Å². The number of carboxylic acid groups (broad SMARTS) is 1. The first-order valence-electron chi connectivity index (χ1n) is 8.65. The SMILES string of the molecule is Cc1ccc(NC(=O)COc2ccc(N3C[C@@H](C(=O)O)CC3=O)cc2)c(Br)c1. The molecule has 2 N–H and O–H groups in total. The Bertz CT molecular complexity index is 913. The van der Waals surface area contributed by atoms with Crippen LogP contribution in [0.25, 0.3) is 0 Å². The summed E-state index contributed by atoms with van der Waals surface area (Å²) in [7, 11) is 0. The van der Waals surface area contributed by atoms with Gasteiger partial charge in [0.05, 0.1) is 11.6 Å². The van der Waals surface area contributed by atoms with Crippen molar-refractivity contribution < 1.29 is 24.2 Å². The van der Waals surface area contributed by atoms with Crippen molar-refractivity contribution in [3.05, 3.63) is 52.5 Å². The summed E-state index contributed by atoms with van der Waals surface area (Å²) in [6.07, 6.45) is 0.00231. The summed E-state index contributed by atoms with van der Waals surface area (Å²) in [4.78, 5) is 36.6. The van der Waals surface area contributed by atoms with Crippen LogP contribution in [0.3, 0.4) is 0 Å². The Morgan fingerprint density at radius 3 is 2.57 bits per heavy atom. The fourth-order valence-electron chi connectivity index (χ4n) is 2.90. The van der Waals surface area contributed by atoms with E-state index in [4.69, 9.17) is 9.84 Å². The molecule has 0 spiro atoms. The molecule has 0 unspecified atom stereocenters. The van der Waals surface area contributed by atoms with E-state index in [-0.39, 0.29) is 31.4 Å². The number of amides is 2. The van der Waals surface area contributed by atoms with E-state index in [2.05, 4.69) is 21.2 Å². The molecule has 1 aliphatic rings. The Labute approximate surface area is 170 Å². The highest BCUT2D eigenvalue weighted by atomic mass is 79.9. The number of nitrogens with one attached hydrogen (secondary N) is 1. The number of rotatable bonds is 6. The van der Waals surface area contributed by atoms with Gasteiger partial charge in [0.2, 0.25) is 5.91 Å². The maximum atomic E-state index is 12.1. The van der Waals surface area contributed by atoms with Crippen molar-refractivity contribution >= 4 is 45.1 Å². The van der Waals surface area contributed by atoms with E-state index in [0.717, 1.165) is 10.0 Å². The fourth-order valence-corrected chi connectivity index (χ4v) is 3.49. The number of aliphatic carboxylic acids is 1. The van der Waals surface area contributed by atoms with Crippen LogP contribution in [-0.2, 0) is 14.4 Å². The van der Waals surface area contributed by atoms with Crippen molar-refractivity contribution in [1.29, 1.82) is 0 Å². The van der Waals surface area contributed by atoms with Crippen LogP contribution in [0.5, 0.6) is 5.75 Å². The maximum absolute atomic E-state index is 12.1. The molecule has 1 saturated heterocycles. The monoisotopic (exact) mass is 446 g/mol. The zero-order valence-electron chi connectivity index (χ0n) is 15.1. The van der Waals surface area contributed by atoms with Crippen LogP contribution in [-0.4, -0.2) is 36.0 Å². The van der Waals surface area contributed by atoms with Crippen LogP contribution >= 0.6 is 15.9 Å². The van der Waals surface area contributed by atoms with Crippen LogP contribution in [0.2, 0.25) is 0 Å². The summed E-state index contributed by atoms with van der Waals surface area (Å²) >= 11 is 3.41. The number of halogens is 1. The van der Waals surface area contributed by atoms with E-state index in [1.54, 1.807) is 24.3 Å². The number of carbonyl (C=O) groups is 3. The first-order valence-corrected chi connectivity index (χ1v) is 9.45. The Morgan fingerprint density at radius 1 is 1.25 bits per heavy atom. The number of carbonyl (C=O) groups excluding carboxylic acids is 2. The summed E-state index contributed by atoms with van der Waals surface area (Å²) in [5.41, 5.74) is 2.34. The normalized spacial score (nSPS) is 16.1. The lowest BCUT2D eigenvalue weighted by Gasteiger charge is -2.16. The number of carboxylic acids is 1. The fraction of sp³-hybridized carbons (Fsp3) is 0.250. The lowest BCUT2D eigenvalue weighted by Crippen LogP contribution is -2.25. The van der Waals surface area contributed by atoms with Crippen molar-refractivity contribution in [2.24, 2.45) is 5.92 Å². The molecule has 2 aromatic carbocycles. The Balaban J connectivity index is 1.55. The molecule has 0 aliphatic carbocycles. The quantitative estimate of drug-likeness (QED) is 0.709. The number of nitrogens with zero attached hydrogens (tertiary/aromatic N) is 1. The van der Waals surface area contributed by atoms with Gasteiger partial charge in [0.15, 0.2) is 6.61 Å². The summed E-state index contributed by atoms with van der Waals surface area (Å²) in [6, 6.07) is 12.2. The van der Waals surface area contributed by atoms with Gasteiger partial charge in [-0.05, 0) is 64.8 Å². The number of ether oxygens (including phenoxy) is 1. The molecule has 1 atom stereocenters. The zero-order chi connectivity index (χ0) is 20.3. The Hall–Kier alpha value is -2.87. The molecule has 0 bridgehead atoms. The summed E-state index contributed by atoms with van der Waals surface area (Å²) in [6.45, 7) is 1.95. The van der Waals surface area contributed by atoms with Crippen LogP contribution in [0, 0.1) is 12.8 Å². The predicted octanol–water partition coefficient (Wildman–Crippen LogP) is 3.21. The first-order chi connectivity index (χ1) is 13.3. The van der Waals surface area contributed by atoms with E-state index < -0.39 is 11.9 Å². The molecular formula is C20H19BrN2O5. The third-order valence-corrected chi connectivity index (χ3v) is 5.05. The second kappa shape index (κ2) is 8.43. The molecular weight excluding hydrogens is 428 g/mol. The van der Waals surface area contributed by atoms with Crippen LogP contribution in [0.4, 0.5) is 11.4 Å². The average molecular weight is 447 g/mol. The minimum atomic E-state index is -0.970. The van der Waals surface area contributed by atoms with E-state index >= 15 is 0 Å². The van der Waals surface area contributed by atoms with Gasteiger partial charge in [-0.25, -0.2) is 0 Å². The lowest BCUT2D eigenvalue weighted by molar-refractivity contribution is -0.141. The molecule has 7 nitrogen and oxygen atoms in total. The van der Waals surface area contributed by atoms with Gasteiger partial charge in [0, 0.05) is 23.1 Å². The maximum Gasteiger partial charge on any atom is 0.308 e. The minimum absolute atomic E-state index is 0.00231. The van der Waals surface area contributed by atoms with Crippen LogP contribution < -0.4 is 15.0 Å². The molecule has 1 fully saturated rings. The zero-order valence-corrected chi connectivity index (χ0v) is 16.7. The number of hydrogen-bond acceptors (Lipinski definition) is 4. The van der Waals surface area contributed by atoms with Gasteiger partial charge in [-0.15, -0.1) is 0 Å². The number of hydrogen-bond donors (Lipinski definition) is 2. The summed E-state index contributed by atoms with van der Waals surface area (Å²) < 4.78 is 6.27. The molecule has 146 valence electrons. The lowest BCUT2D eigenvalue weighted by atomic mass is 10.1. The molecule has 3 rings (SSSR count). The Kier molecular flexibility index (Phi) is 5.99. The largest absolute Gasteiger partial charge is 0.484 e. The smallest absolute Gasteiger partial charge is 0.308 e. The average Bonchev–Trinajstić information content (AvgIpc) is 3.05. The number of anilines is 2.